The summed E-state index contributed by atoms with van der Waals surface area (Å²) in [6, 6.07) is 15.8. The predicted molar refractivity (Wildman–Crippen MR) is 254 cm³/mol. The van der Waals surface area contributed by atoms with Crippen LogP contribution in [0.15, 0.2) is 63.6 Å². The van der Waals surface area contributed by atoms with Crippen LogP contribution in [0.3, 0.4) is 0 Å². The monoisotopic (exact) mass is 984 g/mol. The second-order valence-corrected chi connectivity index (χ2v) is 23.3. The zero-order valence-corrected chi connectivity index (χ0v) is 40.3. The quantitative estimate of drug-likeness (QED) is 0.159. The standard InChI is InChI=1S/C27H26ClFN4O4S.C21H24N4O4S/c1-15-26(16(2)37-31-15)17-3-6-23-22(13-17)30-27(33(23)18-9-11-38(35,36)12-10-18)24-7-8-25(34)32(24)19-4-5-20(28)21(29)14-19;1-12-20(13(2)29-24-12)14-3-5-18-17(11-14)23-21(16-4-6-19(26)22-16)25(18)15-7-9-30(27,28)10-8-15/h3-6,13-14,18,24H,7-12H2,1-2H3;3,5,11,15-16H,4,6-10H2,1-2H3,(H,22,26)/t24-;16-/m00/s1. The molecule has 0 saturated carbocycles. The van der Waals surface area contributed by atoms with Crippen molar-refractivity contribution in [3.63, 3.8) is 0 Å². The number of fused-ring (bicyclic) bond motifs is 2. The molecule has 4 aromatic heterocycles. The van der Waals surface area contributed by atoms with Crippen LogP contribution < -0.4 is 10.2 Å². The molecule has 16 nitrogen and oxygen atoms in total. The summed E-state index contributed by atoms with van der Waals surface area (Å²) >= 11 is 5.90. The maximum Gasteiger partial charge on any atom is 0.227 e. The second kappa shape index (κ2) is 17.6. The number of nitrogens with zero attached hydrogens (tertiary/aromatic N) is 7. The van der Waals surface area contributed by atoms with Crippen LogP contribution >= 0.6 is 11.6 Å². The van der Waals surface area contributed by atoms with E-state index in [0.29, 0.717) is 68.6 Å². The van der Waals surface area contributed by atoms with Crippen molar-refractivity contribution < 1.29 is 39.9 Å². The smallest absolute Gasteiger partial charge is 0.227 e. The molecular formula is C48H50ClFN8O8S2. The first-order chi connectivity index (χ1) is 32.4. The number of sulfone groups is 2. The third kappa shape index (κ3) is 8.50. The predicted octanol–water partition coefficient (Wildman–Crippen LogP) is 8.73. The molecule has 2 atom stereocenters. The molecule has 11 rings (SSSR count). The first kappa shape index (κ1) is 45.8. The molecule has 7 aromatic rings. The van der Waals surface area contributed by atoms with E-state index in [9.17, 15) is 30.8 Å². The minimum Gasteiger partial charge on any atom is -0.361 e. The highest BCUT2D eigenvalue weighted by Gasteiger charge is 2.39. The molecule has 0 unspecified atom stereocenters. The van der Waals surface area contributed by atoms with Gasteiger partial charge in [0.15, 0.2) is 0 Å². The van der Waals surface area contributed by atoms with Gasteiger partial charge in [-0.05, 0) is 120 Å². The molecule has 356 valence electrons. The topological polar surface area (TPSA) is 205 Å². The van der Waals surface area contributed by atoms with Gasteiger partial charge in [-0.2, -0.15) is 0 Å². The summed E-state index contributed by atoms with van der Waals surface area (Å²) in [5.41, 5.74) is 9.17. The zero-order chi connectivity index (χ0) is 47.8. The van der Waals surface area contributed by atoms with Crippen molar-refractivity contribution in [2.24, 2.45) is 0 Å². The number of hydrogen-bond acceptors (Lipinski definition) is 12. The lowest BCUT2D eigenvalue weighted by Gasteiger charge is -2.30. The van der Waals surface area contributed by atoms with E-state index in [1.165, 1.54) is 12.1 Å². The lowest BCUT2D eigenvalue weighted by Crippen LogP contribution is -2.32. The molecule has 20 heteroatoms. The van der Waals surface area contributed by atoms with Crippen LogP contribution in [0.1, 0.15) is 110 Å². The van der Waals surface area contributed by atoms with Crippen molar-refractivity contribution in [1.29, 1.82) is 0 Å². The third-order valence-corrected chi connectivity index (χ3v) is 17.6. The van der Waals surface area contributed by atoms with E-state index in [4.69, 9.17) is 30.6 Å². The Kier molecular flexibility index (Phi) is 11.8. The number of carbonyl (C=O) groups excluding carboxylic acids is 2. The fourth-order valence-corrected chi connectivity index (χ4v) is 13.6. The van der Waals surface area contributed by atoms with Gasteiger partial charge in [-0.15, -0.1) is 0 Å². The van der Waals surface area contributed by atoms with E-state index in [1.807, 2.05) is 64.1 Å². The molecule has 4 saturated heterocycles. The van der Waals surface area contributed by atoms with Crippen molar-refractivity contribution in [3.8, 4) is 22.3 Å². The number of hydrogen-bond donors (Lipinski definition) is 1. The molecule has 0 aliphatic carbocycles. The van der Waals surface area contributed by atoms with Crippen molar-refractivity contribution in [2.75, 3.05) is 27.9 Å². The maximum atomic E-state index is 14.4. The van der Waals surface area contributed by atoms with E-state index in [2.05, 4.69) is 24.8 Å². The summed E-state index contributed by atoms with van der Waals surface area (Å²) in [7, 11) is -6.05. The van der Waals surface area contributed by atoms with E-state index >= 15 is 0 Å². The van der Waals surface area contributed by atoms with Crippen LogP contribution in [-0.2, 0) is 29.3 Å². The van der Waals surface area contributed by atoms with Gasteiger partial charge >= 0.3 is 0 Å². The first-order valence-corrected chi connectivity index (χ1v) is 26.8. The van der Waals surface area contributed by atoms with Gasteiger partial charge in [0.05, 0.1) is 73.6 Å². The van der Waals surface area contributed by atoms with Crippen molar-refractivity contribution >= 4 is 70.8 Å². The Bertz CT molecular complexity index is 3330. The molecule has 8 heterocycles. The normalized spacial score (nSPS) is 20.9. The van der Waals surface area contributed by atoms with Crippen molar-refractivity contribution in [3.05, 3.63) is 100.0 Å². The Balaban J connectivity index is 0.000000163. The number of rotatable bonds is 7. The number of benzene rings is 3. The molecule has 0 radical (unpaired) electrons. The number of aromatic nitrogens is 6. The molecule has 68 heavy (non-hydrogen) atoms. The molecule has 0 spiro atoms. The van der Waals surface area contributed by atoms with E-state index in [1.54, 1.807) is 11.0 Å². The number of carbonyl (C=O) groups is 2. The average molecular weight is 986 g/mol. The molecule has 4 aliphatic rings. The number of imidazole rings is 2. The zero-order valence-electron chi connectivity index (χ0n) is 38.0. The van der Waals surface area contributed by atoms with Gasteiger partial charge in [-0.3, -0.25) is 9.59 Å². The lowest BCUT2D eigenvalue weighted by molar-refractivity contribution is -0.119. The van der Waals surface area contributed by atoms with E-state index in [0.717, 1.165) is 67.3 Å². The summed E-state index contributed by atoms with van der Waals surface area (Å²) < 4.78 is 77.7. The Labute approximate surface area is 397 Å². The average Bonchev–Trinajstić information content (AvgIpc) is 4.17. The number of nitrogens with one attached hydrogen (secondary N) is 1. The highest BCUT2D eigenvalue weighted by atomic mass is 35.5. The lowest BCUT2D eigenvalue weighted by atomic mass is 10.0. The number of halogens is 2. The molecule has 4 fully saturated rings. The van der Waals surface area contributed by atoms with Gasteiger partial charge in [0.2, 0.25) is 11.8 Å². The Morgan fingerprint density at radius 3 is 1.65 bits per heavy atom. The summed E-state index contributed by atoms with van der Waals surface area (Å²) in [5, 5.41) is 11.1. The molecule has 0 bridgehead atoms. The second-order valence-electron chi connectivity index (χ2n) is 18.3. The Morgan fingerprint density at radius 1 is 0.662 bits per heavy atom. The first-order valence-electron chi connectivity index (χ1n) is 22.8. The molecule has 1 N–H and O–H groups in total. The summed E-state index contributed by atoms with van der Waals surface area (Å²) in [6.07, 6.45) is 4.03. The van der Waals surface area contributed by atoms with Gasteiger partial charge in [-0.25, -0.2) is 31.2 Å². The number of amides is 2. The largest absolute Gasteiger partial charge is 0.361 e. The minimum atomic E-state index is -3.08. The Hall–Kier alpha value is -5.92. The fraction of sp³-hybridized carbons (Fsp3) is 0.417. The highest BCUT2D eigenvalue weighted by molar-refractivity contribution is 7.91. The molecule has 4 aliphatic heterocycles. The summed E-state index contributed by atoms with van der Waals surface area (Å²) in [4.78, 5) is 36.5. The van der Waals surface area contributed by atoms with Crippen LogP contribution in [0, 0.1) is 33.5 Å². The minimum absolute atomic E-state index is 0.0144. The van der Waals surface area contributed by atoms with Crippen LogP contribution in [0.2, 0.25) is 5.02 Å². The van der Waals surface area contributed by atoms with Crippen molar-refractivity contribution in [2.45, 2.75) is 103 Å². The maximum absolute atomic E-state index is 14.4. The number of aryl methyl sites for hydroxylation is 4. The van der Waals surface area contributed by atoms with Crippen LogP contribution in [-0.4, -0.2) is 81.1 Å². The Morgan fingerprint density at radius 2 is 1.18 bits per heavy atom. The molecular weight excluding hydrogens is 935 g/mol. The van der Waals surface area contributed by atoms with Gasteiger partial charge in [0, 0.05) is 41.7 Å². The highest BCUT2D eigenvalue weighted by Crippen LogP contribution is 2.43. The summed E-state index contributed by atoms with van der Waals surface area (Å²) in [5.74, 6) is 2.82. The van der Waals surface area contributed by atoms with Gasteiger partial charge in [0.25, 0.3) is 0 Å². The van der Waals surface area contributed by atoms with Crippen molar-refractivity contribution in [1.82, 2.24) is 34.7 Å². The van der Waals surface area contributed by atoms with Crippen LogP contribution in [0.5, 0.6) is 0 Å². The fourth-order valence-electron chi connectivity index (χ4n) is 10.6. The summed E-state index contributed by atoms with van der Waals surface area (Å²) in [6.45, 7) is 7.55. The molecule has 3 aromatic carbocycles. The third-order valence-electron chi connectivity index (χ3n) is 13.9. The molecule has 2 amide bonds. The van der Waals surface area contributed by atoms with Gasteiger partial charge < -0.3 is 28.4 Å². The van der Waals surface area contributed by atoms with E-state index < -0.39 is 31.5 Å². The van der Waals surface area contributed by atoms with Crippen LogP contribution in [0.25, 0.3) is 44.3 Å². The SMILES string of the molecule is Cc1noc(C)c1-c1ccc2c(c1)nc([C@@H]1CCC(=O)N1)n2C1CCS(=O)(=O)CC1.Cc1noc(C)c1-c1ccc2c(c1)nc([C@@H]1CCC(=O)N1c1ccc(Cl)c(F)c1)n2C1CCS(=O)(=O)CC1. The van der Waals surface area contributed by atoms with Gasteiger partial charge in [-0.1, -0.05) is 34.0 Å². The van der Waals surface area contributed by atoms with Crippen LogP contribution in [0.4, 0.5) is 10.1 Å². The van der Waals surface area contributed by atoms with Gasteiger partial charge in [0.1, 0.15) is 48.7 Å². The number of anilines is 1. The van der Waals surface area contributed by atoms with E-state index in [-0.39, 0.29) is 58.0 Å².